The lowest BCUT2D eigenvalue weighted by molar-refractivity contribution is -0.117. The van der Waals surface area contributed by atoms with E-state index in [1.54, 1.807) is 6.20 Å². The molecule has 0 bridgehead atoms. The minimum atomic E-state index is -0.319. The molecule has 1 saturated heterocycles. The zero-order valence-electron chi connectivity index (χ0n) is 17.3. The molecule has 4 N–H and O–H groups in total. The number of nitrogens with one attached hydrogen (secondary N) is 2. The van der Waals surface area contributed by atoms with Crippen LogP contribution >= 0.6 is 0 Å². The second kappa shape index (κ2) is 9.90. The average Bonchev–Trinajstić information content (AvgIpc) is 2.81. The minimum absolute atomic E-state index is 0.302. The van der Waals surface area contributed by atoms with Gasteiger partial charge in [0.05, 0.1) is 18.9 Å². The first-order valence-electron chi connectivity index (χ1n) is 10.3. The van der Waals surface area contributed by atoms with Gasteiger partial charge in [0.1, 0.15) is 0 Å². The van der Waals surface area contributed by atoms with Crippen LogP contribution in [-0.2, 0) is 9.53 Å². The first kappa shape index (κ1) is 20.6. The molecule has 1 aliphatic rings. The summed E-state index contributed by atoms with van der Waals surface area (Å²) in [6.07, 6.45) is 2.04. The van der Waals surface area contributed by atoms with Crippen LogP contribution in [0.1, 0.15) is 6.42 Å². The van der Waals surface area contributed by atoms with Gasteiger partial charge in [-0.15, -0.1) is 0 Å². The molecule has 0 spiro atoms. The van der Waals surface area contributed by atoms with E-state index in [2.05, 4.69) is 37.6 Å². The number of hydrogen-bond donors (Lipinski definition) is 3. The predicted molar refractivity (Wildman–Crippen MR) is 123 cm³/mol. The van der Waals surface area contributed by atoms with Crippen molar-refractivity contribution < 1.29 is 9.53 Å². The number of nitrogens with two attached hydrogens (primary N) is 1. The highest BCUT2D eigenvalue weighted by molar-refractivity contribution is 5.74. The Morgan fingerprint density at radius 2 is 1.71 bits per heavy atom. The van der Waals surface area contributed by atoms with Crippen molar-refractivity contribution in [3.8, 4) is 11.3 Å². The largest absolute Gasteiger partial charge is 0.385 e. The van der Waals surface area contributed by atoms with Gasteiger partial charge >= 0.3 is 0 Å². The number of hydrogen-bond acceptors (Lipinski definition) is 7. The molecule has 1 aromatic heterocycles. The molecule has 2 heterocycles. The van der Waals surface area contributed by atoms with Crippen LogP contribution in [0.5, 0.6) is 0 Å². The van der Waals surface area contributed by atoms with Gasteiger partial charge in [-0.05, 0) is 42.5 Å². The first-order chi connectivity index (χ1) is 15.2. The first-order valence-corrected chi connectivity index (χ1v) is 10.3. The Balaban J connectivity index is 1.39. The molecule has 1 aliphatic heterocycles. The van der Waals surface area contributed by atoms with Gasteiger partial charge in [-0.2, -0.15) is 0 Å². The fourth-order valence-corrected chi connectivity index (χ4v) is 3.37. The summed E-state index contributed by atoms with van der Waals surface area (Å²) in [7, 11) is 0. The number of anilines is 4. The van der Waals surface area contributed by atoms with E-state index in [-0.39, 0.29) is 5.91 Å². The summed E-state index contributed by atoms with van der Waals surface area (Å²) >= 11 is 0. The maximum absolute atomic E-state index is 10.8. The van der Waals surface area contributed by atoms with Gasteiger partial charge in [0, 0.05) is 54.9 Å². The summed E-state index contributed by atoms with van der Waals surface area (Å²) in [5, 5.41) is 6.44. The molecule has 8 nitrogen and oxygen atoms in total. The quantitative estimate of drug-likeness (QED) is 0.516. The van der Waals surface area contributed by atoms with Gasteiger partial charge in [0.15, 0.2) is 0 Å². The zero-order valence-corrected chi connectivity index (χ0v) is 17.3. The van der Waals surface area contributed by atoms with Gasteiger partial charge in [-0.25, -0.2) is 9.97 Å². The Labute approximate surface area is 181 Å². The third-order valence-corrected chi connectivity index (χ3v) is 5.04. The molecule has 0 saturated carbocycles. The van der Waals surface area contributed by atoms with E-state index in [1.807, 2.05) is 42.5 Å². The molecular weight excluding hydrogens is 392 g/mol. The van der Waals surface area contributed by atoms with Crippen LogP contribution in [0.15, 0.2) is 60.8 Å². The van der Waals surface area contributed by atoms with E-state index in [0.717, 1.165) is 48.9 Å². The smallest absolute Gasteiger partial charge is 0.227 e. The van der Waals surface area contributed by atoms with Crippen molar-refractivity contribution in [1.82, 2.24) is 9.97 Å². The molecule has 1 amide bonds. The molecule has 8 heteroatoms. The molecule has 0 atom stereocenters. The fraction of sp³-hybridized carbons (Fsp3) is 0.261. The normalized spacial score (nSPS) is 13.6. The standard InChI is InChI=1S/C23H26N6O2/c24-22(30)10-12-25-18-3-1-17(2-4-18)21-9-11-26-23(28-21)27-19-5-7-20(8-6-19)29-13-15-31-16-14-29/h1-9,11,25H,10,12-16H2,(H2,24,30)(H,26,27,28). The molecule has 0 radical (unpaired) electrons. The molecule has 4 rings (SSSR count). The van der Waals surface area contributed by atoms with Gasteiger partial charge in [-0.1, -0.05) is 12.1 Å². The number of carbonyl (C=O) groups is 1. The summed E-state index contributed by atoms with van der Waals surface area (Å²) in [5.41, 5.74) is 10.0. The number of rotatable bonds is 8. The minimum Gasteiger partial charge on any atom is -0.385 e. The van der Waals surface area contributed by atoms with E-state index in [0.29, 0.717) is 18.9 Å². The molecule has 0 unspecified atom stereocenters. The summed E-state index contributed by atoms with van der Waals surface area (Å²) < 4.78 is 5.41. The molecule has 0 aliphatic carbocycles. The number of morpholine rings is 1. The number of ether oxygens (including phenoxy) is 1. The van der Waals surface area contributed by atoms with Crippen LogP contribution in [0.25, 0.3) is 11.3 Å². The zero-order chi connectivity index (χ0) is 21.5. The Morgan fingerprint density at radius 3 is 2.42 bits per heavy atom. The van der Waals surface area contributed by atoms with E-state index < -0.39 is 0 Å². The topological polar surface area (TPSA) is 105 Å². The lowest BCUT2D eigenvalue weighted by Gasteiger charge is -2.28. The van der Waals surface area contributed by atoms with Crippen LogP contribution < -0.4 is 21.3 Å². The predicted octanol–water partition coefficient (Wildman–Crippen LogP) is 3.01. The summed E-state index contributed by atoms with van der Waals surface area (Å²) in [6.45, 7) is 3.88. The average molecular weight is 419 g/mol. The molecule has 1 fully saturated rings. The van der Waals surface area contributed by atoms with Crippen LogP contribution in [0, 0.1) is 0 Å². The molecule has 3 aromatic rings. The number of amides is 1. The lowest BCUT2D eigenvalue weighted by Crippen LogP contribution is -2.36. The summed E-state index contributed by atoms with van der Waals surface area (Å²) in [4.78, 5) is 22.1. The highest BCUT2D eigenvalue weighted by Gasteiger charge is 2.11. The SMILES string of the molecule is NC(=O)CCNc1ccc(-c2ccnc(Nc3ccc(N4CCOCC4)cc3)n2)cc1. The highest BCUT2D eigenvalue weighted by atomic mass is 16.5. The number of nitrogens with zero attached hydrogens (tertiary/aromatic N) is 3. The summed E-state index contributed by atoms with van der Waals surface area (Å²) in [6, 6.07) is 18.0. The number of aromatic nitrogens is 2. The van der Waals surface area contributed by atoms with Crippen molar-refractivity contribution >= 4 is 28.9 Å². The van der Waals surface area contributed by atoms with Crippen LogP contribution in [0.3, 0.4) is 0 Å². The third kappa shape index (κ3) is 5.70. The van der Waals surface area contributed by atoms with Gasteiger partial charge < -0.3 is 26.0 Å². The fourth-order valence-electron chi connectivity index (χ4n) is 3.37. The third-order valence-electron chi connectivity index (χ3n) is 5.04. The van der Waals surface area contributed by atoms with Gasteiger partial charge in [-0.3, -0.25) is 4.79 Å². The van der Waals surface area contributed by atoms with Crippen LogP contribution in [0.2, 0.25) is 0 Å². The monoisotopic (exact) mass is 418 g/mol. The second-order valence-electron chi connectivity index (χ2n) is 7.26. The van der Waals surface area contributed by atoms with Crippen molar-refractivity contribution in [3.05, 3.63) is 60.8 Å². The maximum Gasteiger partial charge on any atom is 0.227 e. The Kier molecular flexibility index (Phi) is 6.59. The Hall–Kier alpha value is -3.65. The van der Waals surface area contributed by atoms with Gasteiger partial charge in [0.25, 0.3) is 0 Å². The second-order valence-corrected chi connectivity index (χ2v) is 7.26. The van der Waals surface area contributed by atoms with Gasteiger partial charge in [0.2, 0.25) is 11.9 Å². The van der Waals surface area contributed by atoms with Crippen molar-refractivity contribution in [3.63, 3.8) is 0 Å². The number of primary amides is 1. The van der Waals surface area contributed by atoms with Crippen LogP contribution in [0.4, 0.5) is 23.0 Å². The van der Waals surface area contributed by atoms with Crippen molar-refractivity contribution in [2.45, 2.75) is 6.42 Å². The van der Waals surface area contributed by atoms with E-state index in [4.69, 9.17) is 10.5 Å². The Bertz CT molecular complexity index is 1000. The maximum atomic E-state index is 10.8. The summed E-state index contributed by atoms with van der Waals surface area (Å²) in [5.74, 6) is 0.223. The van der Waals surface area contributed by atoms with E-state index in [1.165, 1.54) is 5.69 Å². The molecular formula is C23H26N6O2. The number of carbonyl (C=O) groups excluding carboxylic acids is 1. The van der Waals surface area contributed by atoms with Crippen molar-refractivity contribution in [2.75, 3.05) is 48.4 Å². The van der Waals surface area contributed by atoms with Crippen molar-refractivity contribution in [1.29, 1.82) is 0 Å². The lowest BCUT2D eigenvalue weighted by atomic mass is 10.1. The van der Waals surface area contributed by atoms with Crippen LogP contribution in [-0.4, -0.2) is 48.7 Å². The van der Waals surface area contributed by atoms with E-state index >= 15 is 0 Å². The molecule has 2 aromatic carbocycles. The van der Waals surface area contributed by atoms with Crippen molar-refractivity contribution in [2.24, 2.45) is 5.73 Å². The highest BCUT2D eigenvalue weighted by Crippen LogP contribution is 2.23. The molecule has 31 heavy (non-hydrogen) atoms. The van der Waals surface area contributed by atoms with E-state index in [9.17, 15) is 4.79 Å². The Morgan fingerprint density at radius 1 is 1.00 bits per heavy atom. The number of benzene rings is 2. The molecule has 160 valence electrons.